The number of nitrogens with zero attached hydrogens (tertiary/aromatic N) is 1. The molecule has 1 amide bonds. The summed E-state index contributed by atoms with van der Waals surface area (Å²) in [6, 6.07) is 16.2. The molecular weight excluding hydrogens is 312 g/mol. The predicted octanol–water partition coefficient (Wildman–Crippen LogP) is 2.38. The Labute approximate surface area is 137 Å². The molecule has 4 rings (SSSR count). The van der Waals surface area contributed by atoms with Crippen molar-refractivity contribution in [3.63, 3.8) is 0 Å². The average Bonchev–Trinajstić information content (AvgIpc) is 2.93. The summed E-state index contributed by atoms with van der Waals surface area (Å²) < 4.78 is 5.63. The maximum atomic E-state index is 12.9. The fraction of sp³-hybridized carbons (Fsp3) is 0.118. The number of nitrogens with one attached hydrogen (secondary N) is 1. The number of hydrogen-bond donors (Lipinski definition) is 1. The number of ketones is 1. The molecule has 114 valence electrons. The summed E-state index contributed by atoms with van der Waals surface area (Å²) >= 11 is 5.25. The van der Waals surface area contributed by atoms with Crippen molar-refractivity contribution in [1.29, 1.82) is 0 Å². The van der Waals surface area contributed by atoms with Crippen LogP contribution in [0.1, 0.15) is 10.4 Å². The molecule has 2 aliphatic rings. The van der Waals surface area contributed by atoms with Crippen LogP contribution in [0.4, 0.5) is 11.4 Å². The lowest BCUT2D eigenvalue weighted by atomic mass is 9.87. The molecule has 2 heterocycles. The van der Waals surface area contributed by atoms with E-state index in [-0.39, 0.29) is 17.5 Å². The number of fused-ring (bicyclic) bond motifs is 1. The zero-order valence-corrected chi connectivity index (χ0v) is 12.8. The van der Waals surface area contributed by atoms with Crippen molar-refractivity contribution in [1.82, 2.24) is 0 Å². The molecule has 1 unspecified atom stereocenters. The first-order valence-electron chi connectivity index (χ1n) is 7.13. The Hall–Kier alpha value is -2.73. The Kier molecular flexibility index (Phi) is 2.96. The highest BCUT2D eigenvalue weighted by Crippen LogP contribution is 2.36. The summed E-state index contributed by atoms with van der Waals surface area (Å²) in [6.07, 6.45) is 0. The average molecular weight is 324 g/mol. The van der Waals surface area contributed by atoms with E-state index in [9.17, 15) is 9.59 Å². The van der Waals surface area contributed by atoms with E-state index in [0.717, 1.165) is 5.69 Å². The van der Waals surface area contributed by atoms with Crippen molar-refractivity contribution in [3.8, 4) is 0 Å². The van der Waals surface area contributed by atoms with Crippen LogP contribution < -0.4 is 10.2 Å². The van der Waals surface area contributed by atoms with Gasteiger partial charge in [0.1, 0.15) is 0 Å². The normalized spacial score (nSPS) is 22.8. The van der Waals surface area contributed by atoms with Crippen LogP contribution in [0.15, 0.2) is 54.6 Å². The number of para-hydroxylation sites is 2. The topological polar surface area (TPSA) is 58.6 Å². The fourth-order valence-electron chi connectivity index (χ4n) is 2.90. The molecule has 1 saturated heterocycles. The lowest BCUT2D eigenvalue weighted by molar-refractivity contribution is -0.126. The molecule has 0 radical (unpaired) electrons. The molecule has 1 fully saturated rings. The lowest BCUT2D eigenvalue weighted by Gasteiger charge is -2.30. The van der Waals surface area contributed by atoms with Gasteiger partial charge in [0.2, 0.25) is 5.78 Å². The van der Waals surface area contributed by atoms with Crippen LogP contribution in [-0.2, 0) is 9.53 Å². The van der Waals surface area contributed by atoms with Gasteiger partial charge in [0.15, 0.2) is 0 Å². The Morgan fingerprint density at radius 2 is 1.74 bits per heavy atom. The Morgan fingerprint density at radius 3 is 2.52 bits per heavy atom. The van der Waals surface area contributed by atoms with Gasteiger partial charge in [-0.1, -0.05) is 30.3 Å². The summed E-state index contributed by atoms with van der Waals surface area (Å²) in [4.78, 5) is 27.1. The standard InChI is InChI=1S/C17H12N2O3S/c20-14-12-8-4-5-9-13(12)18-15(21)17(14)10-19(16(23)22-17)11-6-2-1-3-7-11/h1-9H,10H2,(H,18,21). The highest BCUT2D eigenvalue weighted by atomic mass is 32.1. The predicted molar refractivity (Wildman–Crippen MR) is 89.6 cm³/mol. The van der Waals surface area contributed by atoms with Gasteiger partial charge in [0, 0.05) is 11.3 Å². The number of carbonyl (C=O) groups excluding carboxylic acids is 2. The van der Waals surface area contributed by atoms with Crippen LogP contribution >= 0.6 is 12.2 Å². The van der Waals surface area contributed by atoms with Crippen LogP contribution in [0, 0.1) is 0 Å². The second-order valence-electron chi connectivity index (χ2n) is 5.45. The van der Waals surface area contributed by atoms with E-state index in [1.165, 1.54) is 0 Å². The largest absolute Gasteiger partial charge is 0.443 e. The van der Waals surface area contributed by atoms with Crippen molar-refractivity contribution >= 4 is 40.5 Å². The second-order valence-corrected chi connectivity index (χ2v) is 5.79. The van der Waals surface area contributed by atoms with Crippen molar-refractivity contribution in [2.24, 2.45) is 0 Å². The van der Waals surface area contributed by atoms with Crippen LogP contribution in [0.5, 0.6) is 0 Å². The zero-order chi connectivity index (χ0) is 16.0. The van der Waals surface area contributed by atoms with Crippen LogP contribution in [0.3, 0.4) is 0 Å². The molecule has 2 aliphatic heterocycles. The van der Waals surface area contributed by atoms with Gasteiger partial charge in [0.25, 0.3) is 16.7 Å². The Morgan fingerprint density at radius 1 is 1.04 bits per heavy atom. The van der Waals surface area contributed by atoms with Gasteiger partial charge >= 0.3 is 0 Å². The number of hydrogen-bond acceptors (Lipinski definition) is 4. The zero-order valence-electron chi connectivity index (χ0n) is 12.0. The molecule has 1 spiro atoms. The van der Waals surface area contributed by atoms with Gasteiger partial charge in [0.05, 0.1) is 12.2 Å². The third kappa shape index (κ3) is 1.95. The Bertz CT molecular complexity index is 837. The van der Waals surface area contributed by atoms with Crippen molar-refractivity contribution in [3.05, 3.63) is 60.2 Å². The quantitative estimate of drug-likeness (QED) is 0.645. The van der Waals surface area contributed by atoms with E-state index in [1.54, 1.807) is 29.2 Å². The maximum Gasteiger partial charge on any atom is 0.278 e. The summed E-state index contributed by atoms with van der Waals surface area (Å²) in [5, 5.41) is 2.87. The molecule has 6 heteroatoms. The molecule has 1 N–H and O–H groups in total. The first-order valence-corrected chi connectivity index (χ1v) is 7.53. The van der Waals surface area contributed by atoms with Crippen LogP contribution in [0.25, 0.3) is 0 Å². The number of amides is 1. The van der Waals surface area contributed by atoms with Gasteiger partial charge in [-0.2, -0.15) is 0 Å². The number of ether oxygens (including phenoxy) is 1. The van der Waals surface area contributed by atoms with Gasteiger partial charge < -0.3 is 10.1 Å². The molecule has 5 nitrogen and oxygen atoms in total. The van der Waals surface area contributed by atoms with E-state index in [0.29, 0.717) is 11.3 Å². The summed E-state index contributed by atoms with van der Waals surface area (Å²) in [5.41, 5.74) is 0.0980. The number of carbonyl (C=O) groups is 2. The van der Waals surface area contributed by atoms with Crippen LogP contribution in [0.2, 0.25) is 0 Å². The van der Waals surface area contributed by atoms with E-state index >= 15 is 0 Å². The third-order valence-electron chi connectivity index (χ3n) is 4.08. The number of rotatable bonds is 1. The van der Waals surface area contributed by atoms with Gasteiger partial charge in [-0.25, -0.2) is 0 Å². The molecular formula is C17H12N2O3S. The van der Waals surface area contributed by atoms with E-state index in [4.69, 9.17) is 17.0 Å². The van der Waals surface area contributed by atoms with E-state index in [1.807, 2.05) is 30.3 Å². The lowest BCUT2D eigenvalue weighted by Crippen LogP contribution is -2.56. The van der Waals surface area contributed by atoms with Gasteiger partial charge in [-0.05, 0) is 36.5 Å². The van der Waals surface area contributed by atoms with Gasteiger partial charge in [-0.3, -0.25) is 14.5 Å². The first kappa shape index (κ1) is 13.9. The first-order chi connectivity index (χ1) is 11.1. The van der Waals surface area contributed by atoms with Crippen molar-refractivity contribution in [2.45, 2.75) is 5.60 Å². The molecule has 0 saturated carbocycles. The molecule has 23 heavy (non-hydrogen) atoms. The summed E-state index contributed by atoms with van der Waals surface area (Å²) in [6.45, 7) is 0.0643. The van der Waals surface area contributed by atoms with E-state index < -0.39 is 11.5 Å². The molecule has 0 aromatic heterocycles. The molecule has 0 aliphatic carbocycles. The summed E-state index contributed by atoms with van der Waals surface area (Å²) in [5.74, 6) is -0.848. The van der Waals surface area contributed by atoms with E-state index in [2.05, 4.69) is 5.32 Å². The SMILES string of the molecule is O=C1Nc2ccccc2C(=O)C12CN(c1ccccc1)C(=S)O2. The molecule has 0 bridgehead atoms. The minimum atomic E-state index is -1.62. The number of Topliss-reactive ketones (excluding diaryl/α,β-unsaturated/α-hetero) is 1. The maximum absolute atomic E-state index is 12.9. The second kappa shape index (κ2) is 4.89. The number of thiocarbonyl (C=S) groups is 1. The van der Waals surface area contributed by atoms with Crippen molar-refractivity contribution in [2.75, 3.05) is 16.8 Å². The molecule has 2 aromatic rings. The number of anilines is 2. The number of benzene rings is 2. The third-order valence-corrected chi connectivity index (χ3v) is 4.39. The van der Waals surface area contributed by atoms with Gasteiger partial charge in [-0.15, -0.1) is 0 Å². The summed E-state index contributed by atoms with van der Waals surface area (Å²) in [7, 11) is 0. The minimum Gasteiger partial charge on any atom is -0.443 e. The van der Waals surface area contributed by atoms with Crippen molar-refractivity contribution < 1.29 is 14.3 Å². The fourth-order valence-corrected chi connectivity index (χ4v) is 3.21. The monoisotopic (exact) mass is 324 g/mol. The smallest absolute Gasteiger partial charge is 0.278 e. The molecule has 1 atom stereocenters. The van der Waals surface area contributed by atoms with Crippen LogP contribution in [-0.4, -0.2) is 29.0 Å². The Balaban J connectivity index is 1.76. The molecule has 2 aromatic carbocycles. The highest BCUT2D eigenvalue weighted by Gasteiger charge is 2.58. The minimum absolute atomic E-state index is 0.0643. The highest BCUT2D eigenvalue weighted by molar-refractivity contribution is 7.80.